The van der Waals surface area contributed by atoms with Crippen LogP contribution >= 0.6 is 11.3 Å². The first kappa shape index (κ1) is 14.8. The predicted molar refractivity (Wildman–Crippen MR) is 90.9 cm³/mol. The third-order valence-corrected chi connectivity index (χ3v) is 5.95. The minimum Gasteiger partial charge on any atom is -0.338 e. The number of likely N-dealkylation sites (tertiary alicyclic amines) is 2. The average Bonchev–Trinajstić information content (AvgIpc) is 3.28. The molecule has 2 aromatic rings. The number of rotatable bonds is 4. The Balaban J connectivity index is 1.41. The van der Waals surface area contributed by atoms with E-state index in [1.54, 1.807) is 17.5 Å². The van der Waals surface area contributed by atoms with Gasteiger partial charge < -0.3 is 4.90 Å². The maximum absolute atomic E-state index is 13.0. The zero-order valence-electron chi connectivity index (χ0n) is 13.1. The minimum atomic E-state index is -0.139. The second-order valence-corrected chi connectivity index (χ2v) is 7.69. The van der Waals surface area contributed by atoms with E-state index in [9.17, 15) is 4.79 Å². The molecule has 5 heteroatoms. The largest absolute Gasteiger partial charge is 0.338 e. The SMILES string of the molecule is O=C1N(Cc2cccnc2)CCC12CCN(Cc1cccs1)C2. The second kappa shape index (κ2) is 6.06. The maximum atomic E-state index is 13.0. The molecule has 0 radical (unpaired) electrons. The molecule has 120 valence electrons. The van der Waals surface area contributed by atoms with E-state index in [1.165, 1.54) is 4.88 Å². The first-order valence-corrected chi connectivity index (χ1v) is 9.06. The third kappa shape index (κ3) is 2.91. The molecule has 2 saturated heterocycles. The van der Waals surface area contributed by atoms with Crippen molar-refractivity contribution in [3.8, 4) is 0 Å². The maximum Gasteiger partial charge on any atom is 0.230 e. The molecule has 0 bridgehead atoms. The van der Waals surface area contributed by atoms with Gasteiger partial charge in [0.15, 0.2) is 0 Å². The standard InChI is InChI=1S/C18H21N3OS/c22-17-18(5-8-20(14-18)13-16-4-2-10-23-16)6-9-21(17)12-15-3-1-7-19-11-15/h1-4,7,10-11H,5-6,8-9,12-14H2. The first-order valence-electron chi connectivity index (χ1n) is 8.18. The third-order valence-electron chi connectivity index (χ3n) is 5.09. The van der Waals surface area contributed by atoms with Crippen LogP contribution in [0.3, 0.4) is 0 Å². The Hall–Kier alpha value is -1.72. The monoisotopic (exact) mass is 327 g/mol. The van der Waals surface area contributed by atoms with Crippen LogP contribution in [0.1, 0.15) is 23.3 Å². The van der Waals surface area contributed by atoms with E-state index in [-0.39, 0.29) is 5.41 Å². The van der Waals surface area contributed by atoms with Crippen molar-refractivity contribution in [2.24, 2.45) is 5.41 Å². The molecule has 1 spiro atoms. The fourth-order valence-electron chi connectivity index (χ4n) is 3.85. The van der Waals surface area contributed by atoms with Gasteiger partial charge in [-0.1, -0.05) is 12.1 Å². The molecule has 0 N–H and O–H groups in total. The van der Waals surface area contributed by atoms with Crippen molar-refractivity contribution < 1.29 is 4.79 Å². The van der Waals surface area contributed by atoms with Crippen molar-refractivity contribution in [2.45, 2.75) is 25.9 Å². The summed E-state index contributed by atoms with van der Waals surface area (Å²) in [5.41, 5.74) is 0.978. The van der Waals surface area contributed by atoms with E-state index in [2.05, 4.69) is 27.4 Å². The zero-order chi connectivity index (χ0) is 15.7. The van der Waals surface area contributed by atoms with Crippen LogP contribution in [-0.4, -0.2) is 40.3 Å². The smallest absolute Gasteiger partial charge is 0.230 e. The van der Waals surface area contributed by atoms with Gasteiger partial charge in [-0.25, -0.2) is 0 Å². The average molecular weight is 327 g/mol. The molecule has 4 rings (SSSR count). The number of aromatic nitrogens is 1. The number of hydrogen-bond acceptors (Lipinski definition) is 4. The van der Waals surface area contributed by atoms with Gasteiger partial charge in [0.2, 0.25) is 5.91 Å². The number of amides is 1. The van der Waals surface area contributed by atoms with Crippen LogP contribution in [0, 0.1) is 5.41 Å². The van der Waals surface area contributed by atoms with Gasteiger partial charge >= 0.3 is 0 Å². The molecule has 1 atom stereocenters. The highest BCUT2D eigenvalue weighted by Gasteiger charge is 2.50. The summed E-state index contributed by atoms with van der Waals surface area (Å²) in [6.45, 7) is 4.49. The molecule has 2 fully saturated rings. The van der Waals surface area contributed by atoms with Crippen molar-refractivity contribution in [1.82, 2.24) is 14.8 Å². The molecule has 1 unspecified atom stereocenters. The van der Waals surface area contributed by atoms with Gasteiger partial charge in [0.05, 0.1) is 5.41 Å². The van der Waals surface area contributed by atoms with Crippen molar-refractivity contribution in [3.05, 3.63) is 52.5 Å². The summed E-state index contributed by atoms with van der Waals surface area (Å²) >= 11 is 1.80. The summed E-state index contributed by atoms with van der Waals surface area (Å²) in [6.07, 6.45) is 5.63. The van der Waals surface area contributed by atoms with E-state index < -0.39 is 0 Å². The van der Waals surface area contributed by atoms with Gasteiger partial charge in [0.25, 0.3) is 0 Å². The van der Waals surface area contributed by atoms with E-state index in [1.807, 2.05) is 23.2 Å². The van der Waals surface area contributed by atoms with Gasteiger partial charge in [-0.3, -0.25) is 14.7 Å². The van der Waals surface area contributed by atoms with Crippen LogP contribution in [0.5, 0.6) is 0 Å². The number of carbonyl (C=O) groups excluding carboxylic acids is 1. The molecule has 4 heterocycles. The Labute approximate surface area is 140 Å². The Bertz CT molecular complexity index is 673. The first-order chi connectivity index (χ1) is 11.3. The van der Waals surface area contributed by atoms with E-state index in [0.29, 0.717) is 12.5 Å². The topological polar surface area (TPSA) is 36.4 Å². The van der Waals surface area contributed by atoms with Gasteiger partial charge in [0.1, 0.15) is 0 Å². The molecule has 0 aromatic carbocycles. The Morgan fingerprint density at radius 1 is 1.17 bits per heavy atom. The lowest BCUT2D eigenvalue weighted by molar-refractivity contribution is -0.136. The Morgan fingerprint density at radius 2 is 2.09 bits per heavy atom. The fraction of sp³-hybridized carbons (Fsp3) is 0.444. The summed E-state index contributed by atoms with van der Waals surface area (Å²) in [7, 11) is 0. The summed E-state index contributed by atoms with van der Waals surface area (Å²) < 4.78 is 0. The highest BCUT2D eigenvalue weighted by atomic mass is 32.1. The molecule has 1 amide bonds. The lowest BCUT2D eigenvalue weighted by Gasteiger charge is -2.23. The van der Waals surface area contributed by atoms with Crippen LogP contribution < -0.4 is 0 Å². The zero-order valence-corrected chi connectivity index (χ0v) is 14.0. The summed E-state index contributed by atoms with van der Waals surface area (Å²) in [6, 6.07) is 8.26. The van der Waals surface area contributed by atoms with Crippen LogP contribution in [0.4, 0.5) is 0 Å². The number of hydrogen-bond donors (Lipinski definition) is 0. The van der Waals surface area contributed by atoms with Gasteiger partial charge in [0, 0.05) is 43.4 Å². The predicted octanol–water partition coefficient (Wildman–Crippen LogP) is 2.77. The Kier molecular flexibility index (Phi) is 3.91. The molecule has 2 aliphatic heterocycles. The molecular formula is C18H21N3OS. The summed E-state index contributed by atoms with van der Waals surface area (Å²) in [4.78, 5) is 23.0. The van der Waals surface area contributed by atoms with Crippen molar-refractivity contribution in [1.29, 1.82) is 0 Å². The molecule has 2 aromatic heterocycles. The number of nitrogens with zero attached hydrogens (tertiary/aromatic N) is 3. The lowest BCUT2D eigenvalue weighted by atomic mass is 9.85. The van der Waals surface area contributed by atoms with E-state index >= 15 is 0 Å². The quantitative estimate of drug-likeness (QED) is 0.866. The van der Waals surface area contributed by atoms with Crippen molar-refractivity contribution >= 4 is 17.2 Å². The molecule has 4 nitrogen and oxygen atoms in total. The van der Waals surface area contributed by atoms with Gasteiger partial charge in [-0.2, -0.15) is 0 Å². The molecule has 2 aliphatic rings. The van der Waals surface area contributed by atoms with Crippen molar-refractivity contribution in [2.75, 3.05) is 19.6 Å². The highest BCUT2D eigenvalue weighted by molar-refractivity contribution is 7.09. The normalized spacial score (nSPS) is 24.9. The molecule has 23 heavy (non-hydrogen) atoms. The Morgan fingerprint density at radius 3 is 2.87 bits per heavy atom. The number of thiophene rings is 1. The van der Waals surface area contributed by atoms with Crippen LogP contribution in [-0.2, 0) is 17.9 Å². The lowest BCUT2D eigenvalue weighted by Crippen LogP contribution is -2.36. The van der Waals surface area contributed by atoms with Crippen LogP contribution in [0.2, 0.25) is 0 Å². The summed E-state index contributed by atoms with van der Waals surface area (Å²) in [5.74, 6) is 0.343. The van der Waals surface area contributed by atoms with Crippen molar-refractivity contribution in [3.63, 3.8) is 0 Å². The minimum absolute atomic E-state index is 0.139. The van der Waals surface area contributed by atoms with E-state index in [0.717, 1.165) is 44.6 Å². The number of pyridine rings is 1. The van der Waals surface area contributed by atoms with Crippen LogP contribution in [0.15, 0.2) is 42.0 Å². The van der Waals surface area contributed by atoms with Crippen LogP contribution in [0.25, 0.3) is 0 Å². The van der Waals surface area contributed by atoms with Gasteiger partial charge in [-0.15, -0.1) is 11.3 Å². The summed E-state index contributed by atoms with van der Waals surface area (Å²) in [5, 5.41) is 2.12. The highest BCUT2D eigenvalue weighted by Crippen LogP contribution is 2.41. The second-order valence-electron chi connectivity index (χ2n) is 6.66. The number of carbonyl (C=O) groups is 1. The molecule has 0 saturated carbocycles. The van der Waals surface area contributed by atoms with Gasteiger partial charge in [-0.05, 0) is 42.5 Å². The molecular weight excluding hydrogens is 306 g/mol. The van der Waals surface area contributed by atoms with E-state index in [4.69, 9.17) is 0 Å². The molecule has 0 aliphatic carbocycles. The fourth-order valence-corrected chi connectivity index (χ4v) is 4.60.